The minimum absolute atomic E-state index is 0.122. The van der Waals surface area contributed by atoms with Gasteiger partial charge >= 0.3 is 5.69 Å². The van der Waals surface area contributed by atoms with E-state index in [4.69, 9.17) is 0 Å². The van der Waals surface area contributed by atoms with Gasteiger partial charge in [-0.25, -0.2) is 4.79 Å². The van der Waals surface area contributed by atoms with E-state index in [2.05, 4.69) is 21.1 Å². The SMILES string of the molecule is Cc1nn(C)cc1-n1c(=O)n(C)c2cnc3ccc(-c4ccccn4)cc3c21. The normalized spacial score (nSPS) is 11.5. The molecular formula is C21H18N6O. The van der Waals surface area contributed by atoms with E-state index >= 15 is 0 Å². The summed E-state index contributed by atoms with van der Waals surface area (Å²) in [6.07, 6.45) is 5.39. The third-order valence-electron chi connectivity index (χ3n) is 5.07. The second kappa shape index (κ2) is 5.88. The van der Waals surface area contributed by atoms with Gasteiger partial charge in [0.05, 0.1) is 39.8 Å². The van der Waals surface area contributed by atoms with Crippen molar-refractivity contribution < 1.29 is 0 Å². The number of pyridine rings is 2. The minimum Gasteiger partial charge on any atom is -0.293 e. The van der Waals surface area contributed by atoms with Crippen molar-refractivity contribution in [3.8, 4) is 16.9 Å². The van der Waals surface area contributed by atoms with E-state index in [-0.39, 0.29) is 5.69 Å². The number of nitrogens with zero attached hydrogens (tertiary/aromatic N) is 6. The molecular weight excluding hydrogens is 352 g/mol. The number of rotatable bonds is 2. The van der Waals surface area contributed by atoms with Crippen LogP contribution in [-0.2, 0) is 14.1 Å². The lowest BCUT2D eigenvalue weighted by molar-refractivity contribution is 0.756. The fourth-order valence-electron chi connectivity index (χ4n) is 3.72. The summed E-state index contributed by atoms with van der Waals surface area (Å²) < 4.78 is 5.07. The largest absolute Gasteiger partial charge is 0.333 e. The Morgan fingerprint density at radius 3 is 2.61 bits per heavy atom. The average Bonchev–Trinajstić information content (AvgIpc) is 3.17. The summed E-state index contributed by atoms with van der Waals surface area (Å²) in [5.74, 6) is 0. The van der Waals surface area contributed by atoms with Crippen LogP contribution in [0.15, 0.2) is 59.8 Å². The number of aromatic nitrogens is 6. The van der Waals surface area contributed by atoms with Crippen molar-refractivity contribution in [2.24, 2.45) is 14.1 Å². The van der Waals surface area contributed by atoms with E-state index in [1.54, 1.807) is 33.3 Å². The summed E-state index contributed by atoms with van der Waals surface area (Å²) in [5, 5.41) is 5.32. The van der Waals surface area contributed by atoms with Gasteiger partial charge < -0.3 is 0 Å². The molecule has 4 heterocycles. The van der Waals surface area contributed by atoms with Crippen molar-refractivity contribution in [3.63, 3.8) is 0 Å². The van der Waals surface area contributed by atoms with Crippen molar-refractivity contribution in [2.75, 3.05) is 0 Å². The van der Waals surface area contributed by atoms with E-state index in [1.165, 1.54) is 0 Å². The Morgan fingerprint density at radius 1 is 1.04 bits per heavy atom. The topological polar surface area (TPSA) is 70.5 Å². The van der Waals surface area contributed by atoms with E-state index in [1.807, 2.05) is 50.5 Å². The summed E-state index contributed by atoms with van der Waals surface area (Å²) in [7, 11) is 3.62. The maximum Gasteiger partial charge on any atom is 0.333 e. The van der Waals surface area contributed by atoms with Crippen LogP contribution in [0.4, 0.5) is 0 Å². The molecule has 0 atom stereocenters. The zero-order chi connectivity index (χ0) is 19.4. The molecule has 0 radical (unpaired) electrons. The number of hydrogen-bond acceptors (Lipinski definition) is 4. The number of aryl methyl sites for hydroxylation is 3. The van der Waals surface area contributed by atoms with Gasteiger partial charge in [-0.2, -0.15) is 5.10 Å². The van der Waals surface area contributed by atoms with Gasteiger partial charge in [0.1, 0.15) is 0 Å². The highest BCUT2D eigenvalue weighted by Gasteiger charge is 2.19. The molecule has 7 nitrogen and oxygen atoms in total. The fourth-order valence-corrected chi connectivity index (χ4v) is 3.72. The van der Waals surface area contributed by atoms with Crippen molar-refractivity contribution in [1.29, 1.82) is 0 Å². The molecule has 0 saturated carbocycles. The Morgan fingerprint density at radius 2 is 1.89 bits per heavy atom. The lowest BCUT2D eigenvalue weighted by Crippen LogP contribution is -2.21. The lowest BCUT2D eigenvalue weighted by atomic mass is 10.1. The van der Waals surface area contributed by atoms with Crippen LogP contribution in [0, 0.1) is 6.92 Å². The summed E-state index contributed by atoms with van der Waals surface area (Å²) in [6, 6.07) is 11.8. The van der Waals surface area contributed by atoms with Gasteiger partial charge in [-0.15, -0.1) is 0 Å². The Labute approximate surface area is 160 Å². The van der Waals surface area contributed by atoms with E-state index < -0.39 is 0 Å². The first-order valence-corrected chi connectivity index (χ1v) is 8.97. The predicted molar refractivity (Wildman–Crippen MR) is 109 cm³/mol. The molecule has 0 aliphatic carbocycles. The molecule has 1 aromatic carbocycles. The zero-order valence-corrected chi connectivity index (χ0v) is 15.8. The Hall–Kier alpha value is -3.74. The highest BCUT2D eigenvalue weighted by molar-refractivity contribution is 6.04. The van der Waals surface area contributed by atoms with E-state index in [0.29, 0.717) is 0 Å². The zero-order valence-electron chi connectivity index (χ0n) is 15.8. The van der Waals surface area contributed by atoms with E-state index in [9.17, 15) is 4.79 Å². The molecule has 0 fully saturated rings. The molecule has 0 unspecified atom stereocenters. The predicted octanol–water partition coefficient (Wildman–Crippen LogP) is 2.98. The Balaban J connectivity index is 1.92. The van der Waals surface area contributed by atoms with Gasteiger partial charge in [0.25, 0.3) is 0 Å². The molecule has 0 bridgehead atoms. The molecule has 5 aromatic rings. The summed E-state index contributed by atoms with van der Waals surface area (Å²) in [6.45, 7) is 1.91. The summed E-state index contributed by atoms with van der Waals surface area (Å²) in [4.78, 5) is 22.1. The molecule has 0 aliphatic heterocycles. The van der Waals surface area contributed by atoms with Gasteiger partial charge in [-0.1, -0.05) is 12.1 Å². The highest BCUT2D eigenvalue weighted by atomic mass is 16.1. The monoisotopic (exact) mass is 370 g/mol. The van der Waals surface area contributed by atoms with Gasteiger partial charge in [-0.3, -0.25) is 23.8 Å². The molecule has 138 valence electrons. The third-order valence-corrected chi connectivity index (χ3v) is 5.07. The first-order chi connectivity index (χ1) is 13.5. The number of hydrogen-bond donors (Lipinski definition) is 0. The van der Waals surface area contributed by atoms with Gasteiger partial charge in [0.2, 0.25) is 0 Å². The molecule has 28 heavy (non-hydrogen) atoms. The number of fused-ring (bicyclic) bond motifs is 3. The van der Waals surface area contributed by atoms with Crippen LogP contribution in [0.5, 0.6) is 0 Å². The third kappa shape index (κ3) is 2.29. The standard InChI is InChI=1S/C21H18N6O/c1-13-19(12-25(2)24-13)27-20-15-10-14(16-6-4-5-9-22-16)7-8-17(15)23-11-18(20)26(3)21(27)28/h4-12H,1-3H3. The molecule has 0 N–H and O–H groups in total. The number of imidazole rings is 1. The van der Waals surface area contributed by atoms with Crippen LogP contribution >= 0.6 is 0 Å². The first kappa shape index (κ1) is 16.4. The molecule has 4 aromatic heterocycles. The van der Waals surface area contributed by atoms with Crippen molar-refractivity contribution >= 4 is 21.9 Å². The van der Waals surface area contributed by atoms with Crippen LogP contribution in [0.3, 0.4) is 0 Å². The second-order valence-corrected chi connectivity index (χ2v) is 6.89. The smallest absolute Gasteiger partial charge is 0.293 e. The van der Waals surface area contributed by atoms with E-state index in [0.717, 1.165) is 44.6 Å². The van der Waals surface area contributed by atoms with Crippen molar-refractivity contribution in [1.82, 2.24) is 28.9 Å². The maximum absolute atomic E-state index is 13.1. The van der Waals surface area contributed by atoms with Gasteiger partial charge in [0, 0.05) is 37.4 Å². The van der Waals surface area contributed by atoms with Crippen LogP contribution < -0.4 is 5.69 Å². The summed E-state index contributed by atoms with van der Waals surface area (Å²) >= 11 is 0. The van der Waals surface area contributed by atoms with Crippen molar-refractivity contribution in [3.05, 3.63) is 71.2 Å². The second-order valence-electron chi connectivity index (χ2n) is 6.89. The maximum atomic E-state index is 13.1. The fraction of sp³-hybridized carbons (Fsp3) is 0.143. The summed E-state index contributed by atoms with van der Waals surface area (Å²) in [5.41, 5.74) is 5.73. The van der Waals surface area contributed by atoms with Gasteiger partial charge in [-0.05, 0) is 31.2 Å². The molecule has 5 rings (SSSR count). The Kier molecular flexibility index (Phi) is 3.45. The van der Waals surface area contributed by atoms with Crippen LogP contribution in [-0.4, -0.2) is 28.9 Å². The lowest BCUT2D eigenvalue weighted by Gasteiger charge is -2.07. The molecule has 7 heteroatoms. The molecule has 0 saturated heterocycles. The minimum atomic E-state index is -0.122. The average molecular weight is 370 g/mol. The highest BCUT2D eigenvalue weighted by Crippen LogP contribution is 2.29. The number of benzene rings is 1. The van der Waals surface area contributed by atoms with Crippen molar-refractivity contribution in [2.45, 2.75) is 6.92 Å². The van der Waals surface area contributed by atoms with Crippen LogP contribution in [0.2, 0.25) is 0 Å². The van der Waals surface area contributed by atoms with Gasteiger partial charge in [0.15, 0.2) is 0 Å². The molecule has 0 aliphatic rings. The quantitative estimate of drug-likeness (QED) is 0.479. The first-order valence-electron chi connectivity index (χ1n) is 8.97. The Bertz CT molecular complexity index is 1410. The van der Waals surface area contributed by atoms with Crippen LogP contribution in [0.25, 0.3) is 38.9 Å². The van der Waals surface area contributed by atoms with Crippen LogP contribution in [0.1, 0.15) is 5.69 Å². The molecule has 0 spiro atoms. The molecule has 0 amide bonds.